The second-order valence-electron chi connectivity index (χ2n) is 13.5. The highest BCUT2D eigenvalue weighted by Crippen LogP contribution is 2.50. The highest BCUT2D eigenvalue weighted by molar-refractivity contribution is 6.23. The number of para-hydroxylation sites is 2. The van der Waals surface area contributed by atoms with Gasteiger partial charge in [0.15, 0.2) is 0 Å². The number of benzene rings is 7. The minimum atomic E-state index is 0.393. The Bertz CT molecular complexity index is 2970. The van der Waals surface area contributed by atoms with Gasteiger partial charge in [0, 0.05) is 60.9 Å². The van der Waals surface area contributed by atoms with Gasteiger partial charge >= 0.3 is 0 Å². The van der Waals surface area contributed by atoms with Crippen molar-refractivity contribution < 1.29 is 0 Å². The molecule has 50 heavy (non-hydrogen) atoms. The number of allylic oxidation sites excluding steroid dienone is 1. The maximum Gasteiger partial charge on any atom is 0.100 e. The third-order valence-corrected chi connectivity index (χ3v) is 10.9. The van der Waals surface area contributed by atoms with Crippen molar-refractivity contribution in [1.29, 1.82) is 5.41 Å². The van der Waals surface area contributed by atoms with Gasteiger partial charge in [-0.05, 0) is 53.1 Å². The Labute approximate surface area is 288 Å². The molecule has 0 radical (unpaired) electrons. The van der Waals surface area contributed by atoms with Crippen LogP contribution in [0, 0.1) is 5.41 Å². The normalized spacial score (nSPS) is 14.8. The molecule has 1 aliphatic heterocycles. The maximum atomic E-state index is 9.25. The van der Waals surface area contributed by atoms with Gasteiger partial charge in [0.05, 0.1) is 27.9 Å². The van der Waals surface area contributed by atoms with E-state index in [2.05, 4.69) is 124 Å². The van der Waals surface area contributed by atoms with Crippen LogP contribution in [0.2, 0.25) is 0 Å². The van der Waals surface area contributed by atoms with Crippen LogP contribution in [0.15, 0.2) is 151 Å². The molecule has 7 aromatic carbocycles. The summed E-state index contributed by atoms with van der Waals surface area (Å²) in [5.41, 5.74) is 11.9. The first-order chi connectivity index (χ1) is 24.7. The summed E-state index contributed by atoms with van der Waals surface area (Å²) < 4.78 is 4.78. The minimum absolute atomic E-state index is 0.393. The Hall–Kier alpha value is -6.52. The van der Waals surface area contributed by atoms with Gasteiger partial charge in [-0.15, -0.1) is 0 Å². The fraction of sp³-hybridized carbons (Fsp3) is 0.0435. The van der Waals surface area contributed by atoms with Crippen LogP contribution >= 0.6 is 0 Å². The lowest BCUT2D eigenvalue weighted by Crippen LogP contribution is -2.03. The van der Waals surface area contributed by atoms with Gasteiger partial charge in [-0.25, -0.2) is 4.99 Å². The van der Waals surface area contributed by atoms with E-state index in [-0.39, 0.29) is 0 Å². The van der Waals surface area contributed by atoms with E-state index in [4.69, 9.17) is 4.99 Å². The van der Waals surface area contributed by atoms with Crippen molar-refractivity contribution in [3.63, 3.8) is 0 Å². The molecule has 1 unspecified atom stereocenters. The number of hydrogen-bond donors (Lipinski definition) is 1. The summed E-state index contributed by atoms with van der Waals surface area (Å²) in [6.45, 7) is 0. The van der Waals surface area contributed by atoms with Crippen LogP contribution in [0.25, 0.3) is 66.0 Å². The first-order valence-corrected chi connectivity index (χ1v) is 17.2. The molecule has 1 atom stereocenters. The summed E-state index contributed by atoms with van der Waals surface area (Å²) in [5, 5.41) is 17.5. The van der Waals surface area contributed by atoms with E-state index >= 15 is 0 Å². The molecule has 2 aliphatic rings. The number of aliphatic imine (C=N–C) groups is 1. The van der Waals surface area contributed by atoms with Crippen molar-refractivity contribution in [2.45, 2.75) is 12.3 Å². The molecule has 234 valence electrons. The molecule has 0 fully saturated rings. The third-order valence-electron chi connectivity index (χ3n) is 10.9. The van der Waals surface area contributed by atoms with Crippen LogP contribution in [-0.4, -0.2) is 21.2 Å². The molecule has 11 rings (SSSR count). The summed E-state index contributed by atoms with van der Waals surface area (Å²) >= 11 is 0. The van der Waals surface area contributed by atoms with E-state index in [1.54, 1.807) is 0 Å². The number of nitrogens with one attached hydrogen (secondary N) is 1. The van der Waals surface area contributed by atoms with Gasteiger partial charge in [0.1, 0.15) is 6.34 Å². The fourth-order valence-corrected chi connectivity index (χ4v) is 8.71. The summed E-state index contributed by atoms with van der Waals surface area (Å²) in [7, 11) is 0. The molecule has 1 N–H and O–H groups in total. The lowest BCUT2D eigenvalue weighted by atomic mass is 9.87. The van der Waals surface area contributed by atoms with Gasteiger partial charge < -0.3 is 4.57 Å². The highest BCUT2D eigenvalue weighted by Gasteiger charge is 2.34. The quantitative estimate of drug-likeness (QED) is 0.147. The van der Waals surface area contributed by atoms with Crippen LogP contribution in [0.1, 0.15) is 40.3 Å². The number of rotatable bonds is 4. The van der Waals surface area contributed by atoms with Crippen LogP contribution in [0.3, 0.4) is 0 Å². The monoisotopic (exact) mass is 638 g/mol. The molecule has 0 bridgehead atoms. The zero-order valence-electron chi connectivity index (χ0n) is 27.1. The lowest BCUT2D eigenvalue weighted by Gasteiger charge is -2.14. The minimum Gasteiger partial charge on any atom is -0.312 e. The molecular formula is C46H30N4. The highest BCUT2D eigenvalue weighted by atomic mass is 15.0. The number of hydrogen-bond acceptors (Lipinski definition) is 2. The molecule has 4 nitrogen and oxygen atoms in total. The number of fused-ring (bicyclic) bond motifs is 12. The number of nitrogens with zero attached hydrogens (tertiary/aromatic N) is 3. The summed E-state index contributed by atoms with van der Waals surface area (Å²) in [4.78, 5) is 5.30. The number of aromatic nitrogens is 2. The fourth-order valence-electron chi connectivity index (χ4n) is 8.71. The largest absolute Gasteiger partial charge is 0.312 e. The molecule has 0 amide bonds. The van der Waals surface area contributed by atoms with E-state index < -0.39 is 0 Å². The van der Waals surface area contributed by atoms with Crippen LogP contribution < -0.4 is 0 Å². The van der Waals surface area contributed by atoms with Crippen molar-refractivity contribution in [3.05, 3.63) is 174 Å². The summed E-state index contributed by atoms with van der Waals surface area (Å²) in [5.74, 6) is 0.393. The van der Waals surface area contributed by atoms with E-state index in [1.807, 2.05) is 42.7 Å². The molecule has 9 aromatic rings. The van der Waals surface area contributed by atoms with Crippen LogP contribution in [0.5, 0.6) is 0 Å². The van der Waals surface area contributed by atoms with Crippen LogP contribution in [-0.2, 0) is 0 Å². The average Bonchev–Trinajstić information content (AvgIpc) is 3.81. The Morgan fingerprint density at radius 2 is 1.44 bits per heavy atom. The van der Waals surface area contributed by atoms with E-state index in [0.29, 0.717) is 11.6 Å². The van der Waals surface area contributed by atoms with Gasteiger partial charge in [-0.2, -0.15) is 0 Å². The third kappa shape index (κ3) is 3.70. The topological polar surface area (TPSA) is 46.1 Å². The van der Waals surface area contributed by atoms with Crippen LogP contribution in [0.4, 0.5) is 5.69 Å². The Morgan fingerprint density at radius 3 is 2.36 bits per heavy atom. The van der Waals surface area contributed by atoms with Crippen molar-refractivity contribution in [1.82, 2.24) is 9.13 Å². The molecule has 4 heteroatoms. The van der Waals surface area contributed by atoms with E-state index in [0.717, 1.165) is 45.0 Å². The van der Waals surface area contributed by atoms with Gasteiger partial charge in [0.2, 0.25) is 0 Å². The van der Waals surface area contributed by atoms with Crippen molar-refractivity contribution in [3.8, 4) is 5.69 Å². The second-order valence-corrected chi connectivity index (χ2v) is 13.5. The molecule has 0 spiro atoms. The SMILES string of the molecule is N=C(c1ccccc1)c1ccc2ccccc2c1N=Cn1c2ccccc2c2ccc3cc4c5c6n(c4cc3c21)-c1ccccc1C6CC=C5. The molecule has 0 saturated carbocycles. The summed E-state index contributed by atoms with van der Waals surface area (Å²) in [6.07, 6.45) is 7.69. The lowest BCUT2D eigenvalue weighted by molar-refractivity contribution is 0.820. The maximum absolute atomic E-state index is 9.25. The van der Waals surface area contributed by atoms with Gasteiger partial charge in [-0.3, -0.25) is 9.98 Å². The molecule has 0 saturated heterocycles. The molecular weight excluding hydrogens is 609 g/mol. The average molecular weight is 639 g/mol. The van der Waals surface area contributed by atoms with Crippen molar-refractivity contribution >= 4 is 78.1 Å². The Kier molecular flexibility index (Phi) is 5.62. The van der Waals surface area contributed by atoms with Gasteiger partial charge in [-0.1, -0.05) is 121 Å². The predicted molar refractivity (Wildman–Crippen MR) is 209 cm³/mol. The van der Waals surface area contributed by atoms with E-state index in [9.17, 15) is 5.41 Å². The van der Waals surface area contributed by atoms with Crippen molar-refractivity contribution in [2.24, 2.45) is 4.99 Å². The molecule has 1 aliphatic carbocycles. The molecule has 2 aromatic heterocycles. The second kappa shape index (κ2) is 10.2. The summed E-state index contributed by atoms with van der Waals surface area (Å²) in [6, 6.07) is 49.3. The van der Waals surface area contributed by atoms with E-state index in [1.165, 1.54) is 55.0 Å². The Balaban J connectivity index is 1.20. The van der Waals surface area contributed by atoms with Crippen molar-refractivity contribution in [2.75, 3.05) is 0 Å². The first kappa shape index (κ1) is 27.4. The van der Waals surface area contributed by atoms with Gasteiger partial charge in [0.25, 0.3) is 0 Å². The zero-order chi connectivity index (χ0) is 32.9. The Morgan fingerprint density at radius 1 is 0.660 bits per heavy atom. The predicted octanol–water partition coefficient (Wildman–Crippen LogP) is 11.5. The zero-order valence-corrected chi connectivity index (χ0v) is 27.1. The molecule has 3 heterocycles. The smallest absolute Gasteiger partial charge is 0.100 e. The first-order valence-electron chi connectivity index (χ1n) is 17.2. The standard InChI is InChI=1S/C46H30N4/c47-43(29-12-2-1-3-13-29)37-24-21-28-11-4-5-14-31(28)44(37)48-27-49-40-19-8-6-15-32(40)36-23-22-30-25-39-35-18-10-17-34-33-16-7-9-20-41(33)50(46(34)35)42(39)26-38(30)45(36)49/h1-16,18-27,34,47H,17H2.